The molecule has 0 unspecified atom stereocenters. The molecule has 0 aliphatic carbocycles. The van der Waals surface area contributed by atoms with Gasteiger partial charge in [-0.25, -0.2) is 9.78 Å². The van der Waals surface area contributed by atoms with E-state index in [-0.39, 0.29) is 15.5 Å². The number of hydrogen-bond acceptors (Lipinski definition) is 4. The van der Waals surface area contributed by atoms with Gasteiger partial charge >= 0.3 is 5.97 Å². The summed E-state index contributed by atoms with van der Waals surface area (Å²) in [6.45, 7) is 3.68. The molecule has 0 saturated heterocycles. The van der Waals surface area contributed by atoms with Crippen molar-refractivity contribution >= 4 is 29.8 Å². The third-order valence-electron chi connectivity index (χ3n) is 1.55. The lowest BCUT2D eigenvalue weighted by Gasteiger charge is -2.04. The van der Waals surface area contributed by atoms with Crippen LogP contribution in [0.25, 0.3) is 0 Å². The lowest BCUT2D eigenvalue weighted by Crippen LogP contribution is -2.10. The molecular formula is C8H9ClN2O2S. The summed E-state index contributed by atoms with van der Waals surface area (Å²) in [6.07, 6.45) is 0. The predicted molar refractivity (Wildman–Crippen MR) is 55.1 cm³/mol. The van der Waals surface area contributed by atoms with Crippen molar-refractivity contribution in [3.63, 3.8) is 0 Å². The molecule has 0 atom stereocenters. The normalized spacial score (nSPS) is 9.93. The van der Waals surface area contributed by atoms with Crippen molar-refractivity contribution in [2.24, 2.45) is 0 Å². The first-order valence-electron chi connectivity index (χ1n) is 3.99. The zero-order valence-electron chi connectivity index (χ0n) is 7.76. The molecule has 76 valence electrons. The van der Waals surface area contributed by atoms with E-state index in [0.29, 0.717) is 12.3 Å². The van der Waals surface area contributed by atoms with Gasteiger partial charge in [0.1, 0.15) is 10.2 Å². The molecular weight excluding hydrogens is 224 g/mol. The third kappa shape index (κ3) is 2.30. The van der Waals surface area contributed by atoms with Gasteiger partial charge in [-0.2, -0.15) is 0 Å². The van der Waals surface area contributed by atoms with Gasteiger partial charge < -0.3 is 9.72 Å². The summed E-state index contributed by atoms with van der Waals surface area (Å²) in [5.41, 5.74) is 0.739. The predicted octanol–water partition coefficient (Wildman–Crippen LogP) is 2.28. The molecule has 14 heavy (non-hydrogen) atoms. The molecule has 0 aliphatic rings. The fourth-order valence-corrected chi connectivity index (χ4v) is 1.60. The minimum absolute atomic E-state index is 0.167. The van der Waals surface area contributed by atoms with Crippen molar-refractivity contribution in [3.05, 3.63) is 21.2 Å². The van der Waals surface area contributed by atoms with Crippen molar-refractivity contribution in [2.45, 2.75) is 13.8 Å². The Bertz CT molecular complexity index is 416. The van der Waals surface area contributed by atoms with Gasteiger partial charge in [-0.3, -0.25) is 0 Å². The number of aryl methyl sites for hydroxylation is 1. The third-order valence-corrected chi connectivity index (χ3v) is 2.04. The second kappa shape index (κ2) is 4.52. The first-order chi connectivity index (χ1) is 6.56. The van der Waals surface area contributed by atoms with Crippen LogP contribution < -0.4 is 0 Å². The number of halogens is 1. The highest BCUT2D eigenvalue weighted by molar-refractivity contribution is 7.71. The molecule has 1 aromatic rings. The van der Waals surface area contributed by atoms with Crippen LogP contribution in [0.4, 0.5) is 0 Å². The number of aromatic amines is 1. The minimum Gasteiger partial charge on any atom is -0.462 e. The molecule has 0 spiro atoms. The quantitative estimate of drug-likeness (QED) is 0.483. The number of carbonyl (C=O) groups excluding carboxylic acids is 1. The van der Waals surface area contributed by atoms with Gasteiger partial charge in [0.2, 0.25) is 5.28 Å². The fourth-order valence-electron chi connectivity index (χ4n) is 0.995. The number of H-pyrrole nitrogens is 1. The molecule has 0 bridgehead atoms. The summed E-state index contributed by atoms with van der Waals surface area (Å²) in [7, 11) is 0. The van der Waals surface area contributed by atoms with Crippen LogP contribution in [0.1, 0.15) is 23.0 Å². The number of nitrogens with zero attached hydrogens (tertiary/aromatic N) is 1. The average molecular weight is 233 g/mol. The van der Waals surface area contributed by atoms with Gasteiger partial charge in [0, 0.05) is 0 Å². The first kappa shape index (κ1) is 11.1. The molecule has 0 fully saturated rings. The monoisotopic (exact) mass is 232 g/mol. The Hall–Kier alpha value is -0.940. The highest BCUT2D eigenvalue weighted by Gasteiger charge is 2.14. The number of hydrogen-bond donors (Lipinski definition) is 1. The van der Waals surface area contributed by atoms with E-state index in [1.807, 2.05) is 0 Å². The molecule has 1 heterocycles. The van der Waals surface area contributed by atoms with E-state index in [2.05, 4.69) is 9.97 Å². The maximum atomic E-state index is 11.4. The Morgan fingerprint density at radius 1 is 1.71 bits per heavy atom. The second-order valence-electron chi connectivity index (χ2n) is 2.54. The van der Waals surface area contributed by atoms with Gasteiger partial charge in [-0.05, 0) is 25.4 Å². The number of carbonyl (C=O) groups is 1. The number of aromatic nitrogens is 2. The van der Waals surface area contributed by atoms with Crippen LogP contribution in [0.3, 0.4) is 0 Å². The largest absolute Gasteiger partial charge is 0.462 e. The number of rotatable bonds is 2. The summed E-state index contributed by atoms with van der Waals surface area (Å²) >= 11 is 10.6. The van der Waals surface area contributed by atoms with Crippen molar-refractivity contribution in [3.8, 4) is 0 Å². The molecule has 0 radical (unpaired) electrons. The van der Waals surface area contributed by atoms with Crippen LogP contribution >= 0.6 is 23.8 Å². The molecule has 0 saturated carbocycles. The van der Waals surface area contributed by atoms with Crippen LogP contribution in [0, 0.1) is 11.6 Å². The molecule has 1 rings (SSSR count). The van der Waals surface area contributed by atoms with Gasteiger partial charge in [0.05, 0.1) is 12.3 Å². The maximum absolute atomic E-state index is 11.4. The highest BCUT2D eigenvalue weighted by atomic mass is 35.5. The van der Waals surface area contributed by atoms with Crippen molar-refractivity contribution in [1.29, 1.82) is 0 Å². The molecule has 4 nitrogen and oxygen atoms in total. The molecule has 0 aliphatic heterocycles. The van der Waals surface area contributed by atoms with Gasteiger partial charge in [0.25, 0.3) is 0 Å². The lowest BCUT2D eigenvalue weighted by atomic mass is 10.2. The number of nitrogens with one attached hydrogen (secondary N) is 1. The summed E-state index contributed by atoms with van der Waals surface area (Å²) in [4.78, 5) is 17.9. The topological polar surface area (TPSA) is 55.0 Å². The van der Waals surface area contributed by atoms with Crippen LogP contribution in [0.5, 0.6) is 0 Å². The summed E-state index contributed by atoms with van der Waals surface area (Å²) in [5.74, 6) is -0.476. The maximum Gasteiger partial charge on any atom is 0.343 e. The van der Waals surface area contributed by atoms with E-state index in [1.54, 1.807) is 13.8 Å². The van der Waals surface area contributed by atoms with Crippen molar-refractivity contribution in [2.75, 3.05) is 6.61 Å². The number of esters is 1. The van der Waals surface area contributed by atoms with Gasteiger partial charge in [-0.15, -0.1) is 0 Å². The van der Waals surface area contributed by atoms with Crippen LogP contribution in [0.2, 0.25) is 5.28 Å². The first-order valence-corrected chi connectivity index (χ1v) is 4.78. The smallest absolute Gasteiger partial charge is 0.343 e. The standard InChI is InChI=1S/C8H9ClN2O2S/c1-3-13-7(12)5-4(2)10-8(9)11-6(5)14/h3H2,1-2H3,(H,10,11,14). The van der Waals surface area contributed by atoms with Gasteiger partial charge in [0.15, 0.2) is 0 Å². The molecule has 1 aromatic heterocycles. The highest BCUT2D eigenvalue weighted by Crippen LogP contribution is 2.11. The lowest BCUT2D eigenvalue weighted by molar-refractivity contribution is 0.0523. The van der Waals surface area contributed by atoms with E-state index in [9.17, 15) is 4.79 Å². The van der Waals surface area contributed by atoms with Crippen LogP contribution in [-0.2, 0) is 4.74 Å². The fraction of sp³-hybridized carbons (Fsp3) is 0.375. The molecule has 6 heteroatoms. The zero-order chi connectivity index (χ0) is 10.7. The summed E-state index contributed by atoms with van der Waals surface area (Å²) in [6, 6.07) is 0. The summed E-state index contributed by atoms with van der Waals surface area (Å²) in [5, 5.41) is 0.167. The second-order valence-corrected chi connectivity index (χ2v) is 3.30. The Morgan fingerprint density at radius 3 is 2.86 bits per heavy atom. The molecule has 1 N–H and O–H groups in total. The SMILES string of the molecule is CCOC(=O)c1c(C)nc(Cl)[nH]c1=S. The van der Waals surface area contributed by atoms with Crippen LogP contribution in [0.15, 0.2) is 0 Å². The minimum atomic E-state index is -0.476. The number of ether oxygens (including phenoxy) is 1. The Balaban J connectivity index is 3.21. The van der Waals surface area contributed by atoms with Gasteiger partial charge in [-0.1, -0.05) is 12.2 Å². The van der Waals surface area contributed by atoms with E-state index in [0.717, 1.165) is 0 Å². The van der Waals surface area contributed by atoms with E-state index in [4.69, 9.17) is 28.6 Å². The van der Waals surface area contributed by atoms with Crippen molar-refractivity contribution in [1.82, 2.24) is 9.97 Å². The zero-order valence-corrected chi connectivity index (χ0v) is 9.33. The van der Waals surface area contributed by atoms with Crippen LogP contribution in [-0.4, -0.2) is 22.5 Å². The Kier molecular flexibility index (Phi) is 3.60. The molecule has 0 aromatic carbocycles. The average Bonchev–Trinajstić information content (AvgIpc) is 2.01. The van der Waals surface area contributed by atoms with Crippen molar-refractivity contribution < 1.29 is 9.53 Å². The molecule has 0 amide bonds. The summed E-state index contributed by atoms with van der Waals surface area (Å²) < 4.78 is 5.07. The Labute approximate surface area is 91.3 Å². The van der Waals surface area contributed by atoms with E-state index >= 15 is 0 Å². The van der Waals surface area contributed by atoms with E-state index < -0.39 is 5.97 Å². The Morgan fingerprint density at radius 2 is 2.36 bits per heavy atom. The van der Waals surface area contributed by atoms with E-state index in [1.165, 1.54) is 0 Å².